The number of carboxylic acid groups (broad SMARTS) is 1. The molecule has 17 heavy (non-hydrogen) atoms. The number of hydrogen-bond acceptors (Lipinski definition) is 5. The topological polar surface area (TPSA) is 108 Å². The lowest BCUT2D eigenvalue weighted by atomic mass is 10.2. The highest BCUT2D eigenvalue weighted by Crippen LogP contribution is 1.91. The molecular weight excluding hydrogens is 228 g/mol. The zero-order valence-electron chi connectivity index (χ0n) is 9.94. The number of ether oxygens (including phenoxy) is 1. The quantitative estimate of drug-likeness (QED) is 0.353. The van der Waals surface area contributed by atoms with Gasteiger partial charge in [0.25, 0.3) is 0 Å². The van der Waals surface area contributed by atoms with Crippen LogP contribution in [-0.2, 0) is 14.3 Å². The molecule has 7 heteroatoms. The van der Waals surface area contributed by atoms with Crippen molar-refractivity contribution >= 4 is 11.9 Å². The Hall–Kier alpha value is -1.18. The minimum absolute atomic E-state index is 0.0762. The number of carbonyl (C=O) groups excluding carboxylic acids is 1. The number of rotatable bonds is 10. The zero-order chi connectivity index (χ0) is 13.1. The summed E-state index contributed by atoms with van der Waals surface area (Å²) in [6.07, 6.45) is 0.305. The van der Waals surface area contributed by atoms with Crippen molar-refractivity contribution in [2.45, 2.75) is 18.9 Å². The molecule has 100 valence electrons. The molecule has 0 aliphatic carbocycles. The first-order valence-corrected chi connectivity index (χ1v) is 5.47. The Balaban J connectivity index is 3.64. The molecule has 0 rings (SSSR count). The van der Waals surface area contributed by atoms with Crippen LogP contribution in [0.1, 0.15) is 12.8 Å². The van der Waals surface area contributed by atoms with Gasteiger partial charge in [-0.15, -0.1) is 0 Å². The Kier molecular flexibility index (Phi) is 9.31. The summed E-state index contributed by atoms with van der Waals surface area (Å²) >= 11 is 0. The average Bonchev–Trinajstić information content (AvgIpc) is 2.30. The summed E-state index contributed by atoms with van der Waals surface area (Å²) in [4.78, 5) is 21.9. The molecule has 0 bridgehead atoms. The van der Waals surface area contributed by atoms with E-state index in [1.807, 2.05) is 0 Å². The fourth-order valence-electron chi connectivity index (χ4n) is 1.14. The lowest BCUT2D eigenvalue weighted by Gasteiger charge is -2.13. The van der Waals surface area contributed by atoms with E-state index in [1.165, 1.54) is 7.05 Å². The van der Waals surface area contributed by atoms with Crippen LogP contribution in [-0.4, -0.2) is 61.5 Å². The third kappa shape index (κ3) is 8.61. The standard InChI is InChI=1S/C10H20N2O5/c1-11-8(7-9(14)15)10(16)12-3-6-17-5-2-4-13/h8,11,13H,2-7H2,1H3,(H,12,16)(H,14,15). The van der Waals surface area contributed by atoms with E-state index in [0.29, 0.717) is 26.2 Å². The molecule has 1 atom stereocenters. The van der Waals surface area contributed by atoms with Crippen molar-refractivity contribution < 1.29 is 24.5 Å². The summed E-state index contributed by atoms with van der Waals surface area (Å²) in [6, 6.07) is -0.732. The van der Waals surface area contributed by atoms with Gasteiger partial charge >= 0.3 is 5.97 Å². The number of hydrogen-bond donors (Lipinski definition) is 4. The second-order valence-corrected chi connectivity index (χ2v) is 3.42. The van der Waals surface area contributed by atoms with Crippen LogP contribution >= 0.6 is 0 Å². The number of likely N-dealkylation sites (N-methyl/N-ethyl adjacent to an activating group) is 1. The Morgan fingerprint density at radius 2 is 2.06 bits per heavy atom. The normalized spacial score (nSPS) is 12.1. The molecule has 0 fully saturated rings. The average molecular weight is 248 g/mol. The lowest BCUT2D eigenvalue weighted by molar-refractivity contribution is -0.139. The third-order valence-electron chi connectivity index (χ3n) is 2.04. The maximum absolute atomic E-state index is 11.5. The number of carboxylic acids is 1. The monoisotopic (exact) mass is 248 g/mol. The van der Waals surface area contributed by atoms with Gasteiger partial charge in [-0.3, -0.25) is 9.59 Å². The molecule has 0 aromatic heterocycles. The first-order chi connectivity index (χ1) is 8.11. The predicted octanol–water partition coefficient (Wildman–Crippen LogP) is -1.44. The fraction of sp³-hybridized carbons (Fsp3) is 0.800. The van der Waals surface area contributed by atoms with Gasteiger partial charge in [0, 0.05) is 19.8 Å². The molecule has 1 unspecified atom stereocenters. The van der Waals surface area contributed by atoms with E-state index >= 15 is 0 Å². The van der Waals surface area contributed by atoms with Gasteiger partial charge in [0.2, 0.25) is 5.91 Å². The second kappa shape index (κ2) is 10.0. The molecule has 0 aliphatic rings. The molecule has 7 nitrogen and oxygen atoms in total. The van der Waals surface area contributed by atoms with Gasteiger partial charge in [-0.25, -0.2) is 0 Å². The fourth-order valence-corrected chi connectivity index (χ4v) is 1.14. The third-order valence-corrected chi connectivity index (χ3v) is 2.04. The maximum Gasteiger partial charge on any atom is 0.305 e. The van der Waals surface area contributed by atoms with Crippen molar-refractivity contribution in [3.63, 3.8) is 0 Å². The van der Waals surface area contributed by atoms with Crippen molar-refractivity contribution in [1.82, 2.24) is 10.6 Å². The van der Waals surface area contributed by atoms with E-state index in [0.717, 1.165) is 0 Å². The second-order valence-electron chi connectivity index (χ2n) is 3.42. The highest BCUT2D eigenvalue weighted by atomic mass is 16.5. The van der Waals surface area contributed by atoms with Gasteiger partial charge in [0.05, 0.1) is 19.1 Å². The van der Waals surface area contributed by atoms with Crippen molar-refractivity contribution in [2.24, 2.45) is 0 Å². The Labute approximate surface area is 100 Å². The molecule has 1 amide bonds. The highest BCUT2D eigenvalue weighted by Gasteiger charge is 2.18. The van der Waals surface area contributed by atoms with Crippen LogP contribution in [0.4, 0.5) is 0 Å². The summed E-state index contributed by atoms with van der Waals surface area (Å²) in [6.45, 7) is 1.18. The van der Waals surface area contributed by atoms with E-state index in [9.17, 15) is 9.59 Å². The van der Waals surface area contributed by atoms with Crippen LogP contribution in [0.3, 0.4) is 0 Å². The van der Waals surface area contributed by atoms with Crippen LogP contribution in [0.2, 0.25) is 0 Å². The molecule has 0 saturated heterocycles. The SMILES string of the molecule is CNC(CC(=O)O)C(=O)NCCOCCCO. The molecule has 0 aromatic rings. The molecule has 0 aliphatic heterocycles. The minimum atomic E-state index is -1.03. The van der Waals surface area contributed by atoms with Gasteiger partial charge in [-0.2, -0.15) is 0 Å². The van der Waals surface area contributed by atoms with Gasteiger partial charge in [-0.1, -0.05) is 0 Å². The van der Waals surface area contributed by atoms with E-state index in [1.54, 1.807) is 0 Å². The summed E-state index contributed by atoms with van der Waals surface area (Å²) in [5.41, 5.74) is 0. The number of nitrogens with one attached hydrogen (secondary N) is 2. The number of aliphatic hydroxyl groups excluding tert-OH is 1. The summed E-state index contributed by atoms with van der Waals surface area (Å²) in [5, 5.41) is 22.2. The van der Waals surface area contributed by atoms with Crippen molar-refractivity contribution in [3.05, 3.63) is 0 Å². The smallest absolute Gasteiger partial charge is 0.305 e. The van der Waals surface area contributed by atoms with Crippen LogP contribution in [0.15, 0.2) is 0 Å². The molecule has 0 heterocycles. The van der Waals surface area contributed by atoms with Gasteiger partial charge in [-0.05, 0) is 13.5 Å². The minimum Gasteiger partial charge on any atom is -0.481 e. The predicted molar refractivity (Wildman–Crippen MR) is 60.6 cm³/mol. The molecule has 4 N–H and O–H groups in total. The van der Waals surface area contributed by atoms with Crippen LogP contribution in [0.5, 0.6) is 0 Å². The number of aliphatic carboxylic acids is 1. The zero-order valence-corrected chi connectivity index (χ0v) is 9.94. The maximum atomic E-state index is 11.5. The van der Waals surface area contributed by atoms with Gasteiger partial charge in [0.15, 0.2) is 0 Å². The van der Waals surface area contributed by atoms with Gasteiger partial charge in [0.1, 0.15) is 0 Å². The molecule has 0 aromatic carbocycles. The number of aliphatic hydroxyl groups is 1. The van der Waals surface area contributed by atoms with Crippen LogP contribution in [0, 0.1) is 0 Å². The Morgan fingerprint density at radius 1 is 1.35 bits per heavy atom. The van der Waals surface area contributed by atoms with Crippen molar-refractivity contribution in [2.75, 3.05) is 33.4 Å². The van der Waals surface area contributed by atoms with Crippen LogP contribution < -0.4 is 10.6 Å². The van der Waals surface area contributed by atoms with Gasteiger partial charge < -0.3 is 25.6 Å². The van der Waals surface area contributed by atoms with Crippen molar-refractivity contribution in [1.29, 1.82) is 0 Å². The summed E-state index contributed by atoms with van der Waals surface area (Å²) in [5.74, 6) is -1.39. The largest absolute Gasteiger partial charge is 0.481 e. The van der Waals surface area contributed by atoms with E-state index in [-0.39, 0.29) is 18.9 Å². The summed E-state index contributed by atoms with van der Waals surface area (Å²) < 4.78 is 5.11. The molecular formula is C10H20N2O5. The Bertz CT molecular complexity index is 235. The number of carbonyl (C=O) groups is 2. The molecule has 0 radical (unpaired) electrons. The van der Waals surface area contributed by atoms with E-state index in [2.05, 4.69) is 10.6 Å². The molecule has 0 saturated carbocycles. The first-order valence-electron chi connectivity index (χ1n) is 5.47. The number of amides is 1. The highest BCUT2D eigenvalue weighted by molar-refractivity contribution is 5.86. The molecule has 0 spiro atoms. The van der Waals surface area contributed by atoms with E-state index in [4.69, 9.17) is 14.9 Å². The summed E-state index contributed by atoms with van der Waals surface area (Å²) in [7, 11) is 1.53. The van der Waals surface area contributed by atoms with Crippen molar-refractivity contribution in [3.8, 4) is 0 Å². The van der Waals surface area contributed by atoms with Crippen LogP contribution in [0.25, 0.3) is 0 Å². The lowest BCUT2D eigenvalue weighted by Crippen LogP contribution is -2.44. The Morgan fingerprint density at radius 3 is 2.59 bits per heavy atom. The van der Waals surface area contributed by atoms with E-state index < -0.39 is 12.0 Å². The first kappa shape index (κ1) is 15.8.